The minimum atomic E-state index is -1.07. The number of carboxylic acids is 1. The number of hydrogen-bond donors (Lipinski definition) is 2. The molecule has 0 aliphatic carbocycles. The Bertz CT molecular complexity index is 570. The molecule has 0 atom stereocenters. The Morgan fingerprint density at radius 1 is 1.35 bits per heavy atom. The van der Waals surface area contributed by atoms with E-state index >= 15 is 0 Å². The van der Waals surface area contributed by atoms with Crippen molar-refractivity contribution in [3.8, 4) is 0 Å². The zero-order chi connectivity index (χ0) is 12.4. The number of rotatable bonds is 3. The zero-order valence-electron chi connectivity index (χ0n) is 8.89. The molecular formula is C11H9NO4S. The van der Waals surface area contributed by atoms with Crippen molar-refractivity contribution in [2.24, 2.45) is 0 Å². The van der Waals surface area contributed by atoms with Gasteiger partial charge in [-0.2, -0.15) is 0 Å². The molecule has 0 aliphatic heterocycles. The third kappa shape index (κ3) is 2.36. The Morgan fingerprint density at radius 2 is 2.12 bits per heavy atom. The topological polar surface area (TPSA) is 79.5 Å². The van der Waals surface area contributed by atoms with Crippen molar-refractivity contribution >= 4 is 28.2 Å². The van der Waals surface area contributed by atoms with Crippen LogP contribution in [0, 0.1) is 6.92 Å². The molecular weight excluding hydrogens is 242 g/mol. The van der Waals surface area contributed by atoms with Crippen LogP contribution in [0.2, 0.25) is 0 Å². The van der Waals surface area contributed by atoms with Gasteiger partial charge in [0.2, 0.25) is 0 Å². The molecule has 2 heterocycles. The summed E-state index contributed by atoms with van der Waals surface area (Å²) in [5.74, 6) is -0.743. The van der Waals surface area contributed by atoms with E-state index in [0.29, 0.717) is 10.8 Å². The molecule has 6 heteroatoms. The largest absolute Gasteiger partial charge is 0.478 e. The second-order valence-corrected chi connectivity index (χ2v) is 4.25. The van der Waals surface area contributed by atoms with Crippen molar-refractivity contribution in [2.45, 2.75) is 6.92 Å². The number of carbonyl (C=O) groups is 2. The summed E-state index contributed by atoms with van der Waals surface area (Å²) in [4.78, 5) is 22.5. The minimum absolute atomic E-state index is 0.0756. The van der Waals surface area contributed by atoms with Gasteiger partial charge in [-0.15, -0.1) is 11.3 Å². The first kappa shape index (κ1) is 11.4. The molecule has 2 N–H and O–H groups in total. The first-order valence-electron chi connectivity index (χ1n) is 4.76. The molecule has 0 unspecified atom stereocenters. The van der Waals surface area contributed by atoms with E-state index in [9.17, 15) is 9.59 Å². The van der Waals surface area contributed by atoms with Crippen molar-refractivity contribution in [1.82, 2.24) is 0 Å². The Kier molecular flexibility index (Phi) is 2.97. The summed E-state index contributed by atoms with van der Waals surface area (Å²) < 4.78 is 5.14. The predicted molar refractivity (Wildman–Crippen MR) is 62.7 cm³/mol. The molecule has 0 bridgehead atoms. The number of anilines is 1. The van der Waals surface area contributed by atoms with Crippen LogP contribution in [0.3, 0.4) is 0 Å². The summed E-state index contributed by atoms with van der Waals surface area (Å²) in [6, 6.07) is 4.65. The molecule has 2 aromatic rings. The van der Waals surface area contributed by atoms with Crippen LogP contribution < -0.4 is 5.32 Å². The van der Waals surface area contributed by atoms with Crippen LogP contribution in [-0.4, -0.2) is 17.0 Å². The first-order chi connectivity index (χ1) is 8.08. The van der Waals surface area contributed by atoms with Crippen molar-refractivity contribution in [3.63, 3.8) is 0 Å². The van der Waals surface area contributed by atoms with Gasteiger partial charge in [-0.05, 0) is 30.5 Å². The fraction of sp³-hybridized carbons (Fsp3) is 0.0909. The maximum absolute atomic E-state index is 11.7. The van der Waals surface area contributed by atoms with E-state index in [1.165, 1.54) is 6.07 Å². The van der Waals surface area contributed by atoms with E-state index in [4.69, 9.17) is 9.52 Å². The van der Waals surface area contributed by atoms with Gasteiger partial charge in [0.05, 0.1) is 5.56 Å². The molecule has 17 heavy (non-hydrogen) atoms. The van der Waals surface area contributed by atoms with Crippen LogP contribution in [0.5, 0.6) is 0 Å². The number of nitrogens with one attached hydrogen (secondary N) is 1. The van der Waals surface area contributed by atoms with Gasteiger partial charge in [-0.25, -0.2) is 4.79 Å². The maximum Gasteiger partial charge on any atom is 0.338 e. The van der Waals surface area contributed by atoms with E-state index in [1.54, 1.807) is 24.4 Å². The van der Waals surface area contributed by atoms with E-state index in [2.05, 4.69) is 5.32 Å². The van der Waals surface area contributed by atoms with Crippen LogP contribution in [0.15, 0.2) is 28.0 Å². The molecule has 0 saturated heterocycles. The molecule has 2 aromatic heterocycles. The molecule has 88 valence electrons. The Hall–Kier alpha value is -2.08. The summed E-state index contributed by atoms with van der Waals surface area (Å²) in [5, 5.41) is 13.3. The van der Waals surface area contributed by atoms with Gasteiger partial charge < -0.3 is 14.8 Å². The molecule has 1 amide bonds. The average molecular weight is 251 g/mol. The fourth-order valence-corrected chi connectivity index (χ4v) is 2.07. The molecule has 0 aliphatic rings. The first-order valence-corrected chi connectivity index (χ1v) is 5.64. The number of carbonyl (C=O) groups excluding carboxylic acids is 1. The molecule has 2 rings (SSSR count). The highest BCUT2D eigenvalue weighted by Gasteiger charge is 2.16. The highest BCUT2D eigenvalue weighted by atomic mass is 32.1. The van der Waals surface area contributed by atoms with Crippen molar-refractivity contribution in [1.29, 1.82) is 0 Å². The smallest absolute Gasteiger partial charge is 0.338 e. The third-order valence-electron chi connectivity index (χ3n) is 2.09. The van der Waals surface area contributed by atoms with E-state index < -0.39 is 11.9 Å². The van der Waals surface area contributed by atoms with E-state index in [-0.39, 0.29) is 11.3 Å². The van der Waals surface area contributed by atoms with Crippen LogP contribution in [0.1, 0.15) is 26.7 Å². The lowest BCUT2D eigenvalue weighted by atomic mass is 10.3. The summed E-state index contributed by atoms with van der Waals surface area (Å²) >= 11 is 1.15. The average Bonchev–Trinajstić information content (AvgIpc) is 2.86. The summed E-state index contributed by atoms with van der Waals surface area (Å²) in [5.41, 5.74) is 0.0756. The van der Waals surface area contributed by atoms with Crippen LogP contribution >= 0.6 is 11.3 Å². The van der Waals surface area contributed by atoms with Crippen LogP contribution in [-0.2, 0) is 0 Å². The van der Waals surface area contributed by atoms with Gasteiger partial charge in [0.15, 0.2) is 5.76 Å². The Labute approximate surface area is 101 Å². The predicted octanol–water partition coefficient (Wildman–Crippen LogP) is 2.60. The number of furan rings is 1. The van der Waals surface area contributed by atoms with Crippen molar-refractivity contribution < 1.29 is 19.1 Å². The maximum atomic E-state index is 11.7. The highest BCUT2D eigenvalue weighted by Crippen LogP contribution is 2.24. The lowest BCUT2D eigenvalue weighted by Gasteiger charge is -2.01. The van der Waals surface area contributed by atoms with Gasteiger partial charge in [-0.1, -0.05) is 0 Å². The number of aryl methyl sites for hydroxylation is 1. The molecule has 0 fully saturated rings. The lowest BCUT2D eigenvalue weighted by molar-refractivity contribution is 0.0698. The van der Waals surface area contributed by atoms with Gasteiger partial charge in [0.1, 0.15) is 10.8 Å². The van der Waals surface area contributed by atoms with Gasteiger partial charge in [0, 0.05) is 0 Å². The van der Waals surface area contributed by atoms with Crippen molar-refractivity contribution in [3.05, 3.63) is 40.7 Å². The molecule has 0 aromatic carbocycles. The monoisotopic (exact) mass is 251 g/mol. The van der Waals surface area contributed by atoms with Crippen LogP contribution in [0.25, 0.3) is 0 Å². The van der Waals surface area contributed by atoms with E-state index in [0.717, 1.165) is 11.3 Å². The van der Waals surface area contributed by atoms with E-state index in [1.807, 2.05) is 0 Å². The van der Waals surface area contributed by atoms with Gasteiger partial charge >= 0.3 is 5.97 Å². The van der Waals surface area contributed by atoms with Crippen LogP contribution in [0.4, 0.5) is 5.00 Å². The highest BCUT2D eigenvalue weighted by molar-refractivity contribution is 7.14. The quantitative estimate of drug-likeness (QED) is 0.878. The number of amides is 1. The fourth-order valence-electron chi connectivity index (χ4n) is 1.30. The Morgan fingerprint density at radius 3 is 2.71 bits per heavy atom. The number of thiophene rings is 1. The number of hydrogen-bond acceptors (Lipinski definition) is 4. The van der Waals surface area contributed by atoms with Gasteiger partial charge in [0.25, 0.3) is 5.91 Å². The molecule has 0 radical (unpaired) electrons. The molecule has 5 nitrogen and oxygen atoms in total. The molecule has 0 spiro atoms. The summed E-state index contributed by atoms with van der Waals surface area (Å²) in [6.45, 7) is 1.73. The molecule has 0 saturated carbocycles. The third-order valence-corrected chi connectivity index (χ3v) is 2.92. The summed E-state index contributed by atoms with van der Waals surface area (Å²) in [6.07, 6.45) is 0. The normalized spacial score (nSPS) is 10.2. The number of aromatic carboxylic acids is 1. The Balaban J connectivity index is 2.18. The lowest BCUT2D eigenvalue weighted by Crippen LogP contribution is -2.12. The standard InChI is InChI=1S/C11H9NO4S/c1-6-2-3-8(16-6)9(13)12-10-7(11(14)15)4-5-17-10/h2-5H,1H3,(H,12,13)(H,14,15). The minimum Gasteiger partial charge on any atom is -0.478 e. The summed E-state index contributed by atoms with van der Waals surface area (Å²) in [7, 11) is 0. The second kappa shape index (κ2) is 4.42. The van der Waals surface area contributed by atoms with Gasteiger partial charge in [-0.3, -0.25) is 4.79 Å². The zero-order valence-corrected chi connectivity index (χ0v) is 9.71. The number of carboxylic acid groups (broad SMARTS) is 1. The second-order valence-electron chi connectivity index (χ2n) is 3.33. The van der Waals surface area contributed by atoms with Crippen molar-refractivity contribution in [2.75, 3.05) is 5.32 Å². The SMILES string of the molecule is Cc1ccc(C(=O)Nc2sccc2C(=O)O)o1.